The minimum absolute atomic E-state index is 0.931. The molecule has 2 aromatic carbocycles. The summed E-state index contributed by atoms with van der Waals surface area (Å²) in [5, 5.41) is 0. The van der Waals surface area contributed by atoms with Crippen LogP contribution in [-0.4, -0.2) is 21.0 Å². The lowest BCUT2D eigenvalue weighted by molar-refractivity contribution is 0.690. The van der Waals surface area contributed by atoms with Crippen molar-refractivity contribution in [2.75, 3.05) is 0 Å². The van der Waals surface area contributed by atoms with E-state index in [1.807, 2.05) is 12.1 Å². The van der Waals surface area contributed by atoms with Gasteiger partial charge in [0.15, 0.2) is 0 Å². The fourth-order valence-electron chi connectivity index (χ4n) is 1.26. The van der Waals surface area contributed by atoms with E-state index >= 15 is 0 Å². The van der Waals surface area contributed by atoms with Gasteiger partial charge in [0.25, 0.3) is 0 Å². The Morgan fingerprint density at radius 3 is 1.13 bits per heavy atom. The molecule has 0 fully saturated rings. The molecular weight excluding hydrogens is 216 g/mol. The fraction of sp³-hybridized carbons (Fsp3) is 0. The van der Waals surface area contributed by atoms with Gasteiger partial charge in [-0.25, -0.2) is 0 Å². The average molecular weight is 232 g/mol. The molecular formula is C12H16OSi2. The molecule has 2 aromatic rings. The zero-order valence-electron chi connectivity index (χ0n) is 9.18. The van der Waals surface area contributed by atoms with E-state index in [0.29, 0.717) is 0 Å². The van der Waals surface area contributed by atoms with Crippen molar-refractivity contribution in [3.05, 3.63) is 60.7 Å². The van der Waals surface area contributed by atoms with E-state index < -0.39 is 0 Å². The molecule has 0 aliphatic carbocycles. The third-order valence-electron chi connectivity index (χ3n) is 1.88. The van der Waals surface area contributed by atoms with Gasteiger partial charge < -0.3 is 4.12 Å². The van der Waals surface area contributed by atoms with Crippen molar-refractivity contribution in [2.24, 2.45) is 0 Å². The van der Waals surface area contributed by atoms with Gasteiger partial charge in [-0.3, -0.25) is 0 Å². The first-order valence-corrected chi connectivity index (χ1v) is 6.52. The molecule has 0 amide bonds. The van der Waals surface area contributed by atoms with Crippen LogP contribution in [0.4, 0.5) is 0 Å². The standard InChI is InChI=1S/C12H10.H6OSi2/c1-3-7-11(8-4-1)12-9-5-2-6-10-12;2-1-3/h1-10H;2-3H3. The molecule has 0 radical (unpaired) electrons. The smallest absolute Gasteiger partial charge is 0.129 e. The molecule has 0 aliphatic heterocycles. The monoisotopic (exact) mass is 232 g/mol. The molecule has 0 heterocycles. The summed E-state index contributed by atoms with van der Waals surface area (Å²) in [4.78, 5) is 0. The van der Waals surface area contributed by atoms with E-state index in [0.717, 1.165) is 21.0 Å². The first-order chi connectivity index (χ1) is 7.38. The Labute approximate surface area is 97.2 Å². The maximum atomic E-state index is 4.53. The van der Waals surface area contributed by atoms with Crippen LogP contribution in [0, 0.1) is 0 Å². The van der Waals surface area contributed by atoms with Crippen LogP contribution in [0.15, 0.2) is 60.7 Å². The van der Waals surface area contributed by atoms with E-state index in [2.05, 4.69) is 52.6 Å². The average Bonchev–Trinajstić information content (AvgIpc) is 2.32. The normalized spacial score (nSPS) is 9.33. The van der Waals surface area contributed by atoms with Crippen LogP contribution in [0.25, 0.3) is 11.1 Å². The third kappa shape index (κ3) is 4.25. The Hall–Kier alpha value is -1.17. The summed E-state index contributed by atoms with van der Waals surface area (Å²) in [6.07, 6.45) is 0. The minimum Gasteiger partial charge on any atom is -0.471 e. The van der Waals surface area contributed by atoms with E-state index in [-0.39, 0.29) is 0 Å². The van der Waals surface area contributed by atoms with Crippen LogP contribution < -0.4 is 0 Å². The van der Waals surface area contributed by atoms with Crippen molar-refractivity contribution < 1.29 is 4.12 Å². The second kappa shape index (κ2) is 7.17. The van der Waals surface area contributed by atoms with Crippen molar-refractivity contribution in [3.8, 4) is 11.1 Å². The first-order valence-electron chi connectivity index (χ1n) is 4.89. The van der Waals surface area contributed by atoms with Crippen molar-refractivity contribution >= 4 is 21.0 Å². The zero-order valence-corrected chi connectivity index (χ0v) is 13.2. The topological polar surface area (TPSA) is 9.23 Å². The Kier molecular flexibility index (Phi) is 5.69. The van der Waals surface area contributed by atoms with Crippen LogP contribution in [0.1, 0.15) is 0 Å². The second-order valence-electron chi connectivity index (χ2n) is 3.14. The molecule has 0 spiro atoms. The fourth-order valence-corrected chi connectivity index (χ4v) is 1.26. The molecule has 78 valence electrons. The molecule has 0 bridgehead atoms. The molecule has 0 saturated carbocycles. The van der Waals surface area contributed by atoms with Gasteiger partial charge in [-0.2, -0.15) is 0 Å². The molecule has 0 aromatic heterocycles. The number of rotatable bonds is 1. The molecule has 3 heteroatoms. The lowest BCUT2D eigenvalue weighted by Gasteiger charge is -1.98. The second-order valence-corrected chi connectivity index (χ2v) is 6.41. The summed E-state index contributed by atoms with van der Waals surface area (Å²) in [6.45, 7) is 0. The van der Waals surface area contributed by atoms with E-state index in [1.165, 1.54) is 11.1 Å². The zero-order chi connectivity index (χ0) is 10.9. The lowest BCUT2D eigenvalue weighted by Crippen LogP contribution is -1.73. The largest absolute Gasteiger partial charge is 0.471 e. The molecule has 15 heavy (non-hydrogen) atoms. The minimum atomic E-state index is 0.931. The Balaban J connectivity index is 0.000000337. The summed E-state index contributed by atoms with van der Waals surface area (Å²) >= 11 is 0. The predicted molar refractivity (Wildman–Crippen MR) is 72.8 cm³/mol. The van der Waals surface area contributed by atoms with Crippen LogP contribution in [-0.2, 0) is 4.12 Å². The molecule has 0 N–H and O–H groups in total. The van der Waals surface area contributed by atoms with Gasteiger partial charge in [0.05, 0.1) is 0 Å². The van der Waals surface area contributed by atoms with E-state index in [9.17, 15) is 0 Å². The van der Waals surface area contributed by atoms with Crippen LogP contribution >= 0.6 is 0 Å². The Morgan fingerprint density at radius 1 is 0.600 bits per heavy atom. The molecule has 0 atom stereocenters. The third-order valence-corrected chi connectivity index (χ3v) is 1.88. The Bertz CT molecular complexity index is 324. The van der Waals surface area contributed by atoms with Crippen molar-refractivity contribution in [2.45, 2.75) is 0 Å². The van der Waals surface area contributed by atoms with Gasteiger partial charge in [-0.15, -0.1) is 0 Å². The summed E-state index contributed by atoms with van der Waals surface area (Å²) in [6, 6.07) is 20.8. The van der Waals surface area contributed by atoms with Crippen LogP contribution in [0.5, 0.6) is 0 Å². The summed E-state index contributed by atoms with van der Waals surface area (Å²) in [5.41, 5.74) is 2.55. The van der Waals surface area contributed by atoms with Crippen molar-refractivity contribution in [1.82, 2.24) is 0 Å². The molecule has 2 rings (SSSR count). The van der Waals surface area contributed by atoms with Gasteiger partial charge in [0, 0.05) is 0 Å². The summed E-state index contributed by atoms with van der Waals surface area (Å²) in [7, 11) is 1.86. The van der Waals surface area contributed by atoms with Crippen LogP contribution in [0.2, 0.25) is 0 Å². The van der Waals surface area contributed by atoms with Crippen molar-refractivity contribution in [1.29, 1.82) is 0 Å². The molecule has 1 nitrogen and oxygen atoms in total. The number of benzene rings is 2. The maximum Gasteiger partial charge on any atom is 0.129 e. The summed E-state index contributed by atoms with van der Waals surface area (Å²) in [5.74, 6) is 0. The number of hydrogen-bond donors (Lipinski definition) is 0. The molecule has 0 aliphatic rings. The van der Waals surface area contributed by atoms with Gasteiger partial charge in [-0.1, -0.05) is 60.7 Å². The predicted octanol–water partition coefficient (Wildman–Crippen LogP) is 0.917. The SMILES string of the molecule is [SiH3]O[SiH3].c1ccc(-c2ccccc2)cc1. The van der Waals surface area contributed by atoms with E-state index in [4.69, 9.17) is 0 Å². The highest BCUT2D eigenvalue weighted by atomic mass is 28.3. The quantitative estimate of drug-likeness (QED) is 0.664. The highest BCUT2D eigenvalue weighted by Gasteiger charge is 1.91. The van der Waals surface area contributed by atoms with Crippen molar-refractivity contribution in [3.63, 3.8) is 0 Å². The summed E-state index contributed by atoms with van der Waals surface area (Å²) < 4.78 is 4.53. The Morgan fingerprint density at radius 2 is 0.867 bits per heavy atom. The van der Waals surface area contributed by atoms with Gasteiger partial charge in [0.1, 0.15) is 21.0 Å². The number of hydrogen-bond acceptors (Lipinski definition) is 1. The lowest BCUT2D eigenvalue weighted by atomic mass is 10.1. The molecule has 0 saturated heterocycles. The van der Waals surface area contributed by atoms with Gasteiger partial charge in [0.2, 0.25) is 0 Å². The highest BCUT2D eigenvalue weighted by Crippen LogP contribution is 2.17. The van der Waals surface area contributed by atoms with E-state index in [1.54, 1.807) is 0 Å². The molecule has 0 unspecified atom stereocenters. The highest BCUT2D eigenvalue weighted by molar-refractivity contribution is 6.15. The van der Waals surface area contributed by atoms with Crippen LogP contribution in [0.3, 0.4) is 0 Å². The van der Waals surface area contributed by atoms with Gasteiger partial charge >= 0.3 is 0 Å². The first kappa shape index (κ1) is 11.9. The maximum absolute atomic E-state index is 4.53. The van der Waals surface area contributed by atoms with Gasteiger partial charge in [-0.05, 0) is 11.1 Å².